The highest BCUT2D eigenvalue weighted by Crippen LogP contribution is 2.31. The van der Waals surface area contributed by atoms with Crippen LogP contribution >= 0.6 is 0 Å². The summed E-state index contributed by atoms with van der Waals surface area (Å²) in [5, 5.41) is 10.2. The van der Waals surface area contributed by atoms with Gasteiger partial charge in [-0.15, -0.1) is 0 Å². The van der Waals surface area contributed by atoms with Gasteiger partial charge in [0.15, 0.2) is 0 Å². The first kappa shape index (κ1) is 34.9. The number of amides is 4. The minimum atomic E-state index is -0.180. The van der Waals surface area contributed by atoms with Crippen LogP contribution in [0.1, 0.15) is 95.8 Å². The molecule has 4 aromatic carbocycles. The normalized spacial score (nSPS) is 14.5. The van der Waals surface area contributed by atoms with Crippen LogP contribution in [0.15, 0.2) is 72.8 Å². The van der Waals surface area contributed by atoms with Crippen molar-refractivity contribution in [1.82, 2.24) is 20.4 Å². The van der Waals surface area contributed by atoms with E-state index in [-0.39, 0.29) is 34.5 Å². The second-order valence-corrected chi connectivity index (χ2v) is 15.1. The minimum Gasteiger partial charge on any atom is -0.316 e. The number of carbonyl (C=O) groups excluding carboxylic acids is 4. The predicted molar refractivity (Wildman–Crippen MR) is 193 cm³/mol. The van der Waals surface area contributed by atoms with Crippen molar-refractivity contribution in [2.45, 2.75) is 54.4 Å². The van der Waals surface area contributed by atoms with E-state index in [1.165, 1.54) is 9.80 Å². The molecule has 2 aliphatic heterocycles. The lowest BCUT2D eigenvalue weighted by Crippen LogP contribution is -2.41. The Hall–Kier alpha value is -4.40. The molecule has 2 N–H and O–H groups in total. The number of nitrogens with one attached hydrogen (secondary N) is 2. The van der Waals surface area contributed by atoms with Crippen molar-refractivity contribution >= 4 is 45.2 Å². The summed E-state index contributed by atoms with van der Waals surface area (Å²) in [5.74, 6) is -0.722. The van der Waals surface area contributed by atoms with E-state index in [2.05, 4.69) is 52.2 Å². The average molecular weight is 649 g/mol. The van der Waals surface area contributed by atoms with Crippen molar-refractivity contribution in [2.24, 2.45) is 10.8 Å². The number of imide groups is 2. The molecule has 2 aliphatic rings. The maximum atomic E-state index is 12.7. The van der Waals surface area contributed by atoms with Crippen LogP contribution in [-0.2, 0) is 0 Å². The Bertz CT molecular complexity index is 1610. The molecule has 0 unspecified atom stereocenters. The smallest absolute Gasteiger partial charge is 0.261 e. The van der Waals surface area contributed by atoms with Crippen molar-refractivity contribution in [3.63, 3.8) is 0 Å². The Labute approximate surface area is 283 Å². The van der Waals surface area contributed by atoms with E-state index in [1.54, 1.807) is 0 Å². The Kier molecular flexibility index (Phi) is 10.5. The molecule has 0 aliphatic carbocycles. The number of hydrogen-bond donors (Lipinski definition) is 2. The van der Waals surface area contributed by atoms with Crippen LogP contribution in [-0.4, -0.2) is 72.7 Å². The third-order valence-corrected chi connectivity index (χ3v) is 8.49. The molecule has 4 aromatic rings. The van der Waals surface area contributed by atoms with Gasteiger partial charge in [-0.1, -0.05) is 90.1 Å². The largest absolute Gasteiger partial charge is 0.316 e. The van der Waals surface area contributed by atoms with Crippen molar-refractivity contribution in [3.05, 3.63) is 95.1 Å². The highest BCUT2D eigenvalue weighted by Gasteiger charge is 2.33. The molecule has 2 heterocycles. The molecule has 0 saturated carbocycles. The monoisotopic (exact) mass is 648 g/mol. The summed E-state index contributed by atoms with van der Waals surface area (Å²) in [7, 11) is 0. The lowest BCUT2D eigenvalue weighted by molar-refractivity contribution is 0.0593. The van der Waals surface area contributed by atoms with Crippen LogP contribution in [0.5, 0.6) is 0 Å². The second-order valence-electron chi connectivity index (χ2n) is 15.1. The molecule has 0 aromatic heterocycles. The first-order valence-corrected chi connectivity index (χ1v) is 16.9. The summed E-state index contributed by atoms with van der Waals surface area (Å²) >= 11 is 0. The summed E-state index contributed by atoms with van der Waals surface area (Å²) in [6.45, 7) is 17.4. The van der Waals surface area contributed by atoms with Crippen molar-refractivity contribution < 1.29 is 19.2 Å². The fourth-order valence-electron chi connectivity index (χ4n) is 6.22. The zero-order valence-corrected chi connectivity index (χ0v) is 29.1. The highest BCUT2D eigenvalue weighted by atomic mass is 16.2. The SMILES string of the molecule is CC(C)(C)CNCCCN1C(=O)c2cccc3cccc(c23)C1=O.CC(C)(C)CNCCCN1C(=O)c2cccc3cccc(c23)C1=O. The van der Waals surface area contributed by atoms with Gasteiger partial charge in [0, 0.05) is 46.1 Å². The average Bonchev–Trinajstić information content (AvgIpc) is 3.04. The topological polar surface area (TPSA) is 98.8 Å². The zero-order chi connectivity index (χ0) is 34.6. The van der Waals surface area contributed by atoms with Gasteiger partial charge < -0.3 is 10.6 Å². The molecule has 0 spiro atoms. The van der Waals surface area contributed by atoms with Crippen molar-refractivity contribution in [1.29, 1.82) is 0 Å². The minimum absolute atomic E-state index is 0.180. The van der Waals surface area contributed by atoms with Gasteiger partial charge in [0.2, 0.25) is 0 Å². The standard InChI is InChI=1S/2C20H24N2O2/c2*1-20(2,3)13-21-11-6-12-22-18(23)15-9-4-7-14-8-5-10-16(17(14)15)19(22)24/h2*4-5,7-10,21H,6,11-13H2,1-3H3. The molecular formula is C40H48N4O4. The zero-order valence-electron chi connectivity index (χ0n) is 29.1. The van der Waals surface area contributed by atoms with Crippen LogP contribution < -0.4 is 10.6 Å². The molecule has 8 nitrogen and oxygen atoms in total. The lowest BCUT2D eigenvalue weighted by Gasteiger charge is -2.27. The Morgan fingerprint density at radius 1 is 0.479 bits per heavy atom. The third-order valence-electron chi connectivity index (χ3n) is 8.49. The predicted octanol–water partition coefficient (Wildman–Crippen LogP) is 6.92. The third kappa shape index (κ3) is 7.83. The van der Waals surface area contributed by atoms with E-state index >= 15 is 0 Å². The lowest BCUT2D eigenvalue weighted by atomic mass is 9.94. The van der Waals surface area contributed by atoms with Crippen LogP contribution in [0, 0.1) is 10.8 Å². The fourth-order valence-corrected chi connectivity index (χ4v) is 6.22. The second kappa shape index (κ2) is 14.4. The fraction of sp³-hybridized carbons (Fsp3) is 0.400. The van der Waals surface area contributed by atoms with E-state index in [4.69, 9.17) is 0 Å². The summed E-state index contributed by atoms with van der Waals surface area (Å²) < 4.78 is 0. The molecule has 8 heteroatoms. The first-order valence-electron chi connectivity index (χ1n) is 16.9. The Balaban J connectivity index is 0.000000188. The van der Waals surface area contributed by atoms with E-state index in [0.717, 1.165) is 60.6 Å². The van der Waals surface area contributed by atoms with E-state index in [0.29, 0.717) is 35.3 Å². The molecule has 0 saturated heterocycles. The first-order chi connectivity index (χ1) is 22.8. The van der Waals surface area contributed by atoms with Gasteiger partial charge >= 0.3 is 0 Å². The molecular weight excluding hydrogens is 600 g/mol. The van der Waals surface area contributed by atoms with Gasteiger partial charge in [0.25, 0.3) is 23.6 Å². The number of carbonyl (C=O) groups is 4. The molecule has 0 bridgehead atoms. The van der Waals surface area contributed by atoms with Crippen LogP contribution in [0.2, 0.25) is 0 Å². The molecule has 4 amide bonds. The molecule has 0 atom stereocenters. The number of benzene rings is 4. The maximum Gasteiger partial charge on any atom is 0.261 e. The summed E-state index contributed by atoms with van der Waals surface area (Å²) in [4.78, 5) is 53.7. The van der Waals surface area contributed by atoms with E-state index < -0.39 is 0 Å². The Morgan fingerprint density at radius 2 is 0.771 bits per heavy atom. The van der Waals surface area contributed by atoms with Crippen LogP contribution in [0.4, 0.5) is 0 Å². The van der Waals surface area contributed by atoms with Gasteiger partial charge in [0.05, 0.1) is 0 Å². The maximum absolute atomic E-state index is 12.7. The quantitative estimate of drug-likeness (QED) is 0.143. The summed E-state index contributed by atoms with van der Waals surface area (Å²) in [6.07, 6.45) is 1.51. The van der Waals surface area contributed by atoms with Crippen molar-refractivity contribution in [2.75, 3.05) is 39.3 Å². The Morgan fingerprint density at radius 3 is 1.04 bits per heavy atom. The van der Waals surface area contributed by atoms with Crippen LogP contribution in [0.25, 0.3) is 21.5 Å². The highest BCUT2D eigenvalue weighted by molar-refractivity contribution is 6.26. The summed E-state index contributed by atoms with van der Waals surface area (Å²) in [5.41, 5.74) is 2.97. The molecule has 6 rings (SSSR count). The summed E-state index contributed by atoms with van der Waals surface area (Å²) in [6, 6.07) is 22.5. The van der Waals surface area contributed by atoms with Crippen LogP contribution in [0.3, 0.4) is 0 Å². The van der Waals surface area contributed by atoms with E-state index in [9.17, 15) is 19.2 Å². The molecule has 0 fully saturated rings. The van der Waals surface area contributed by atoms with Crippen molar-refractivity contribution in [3.8, 4) is 0 Å². The molecule has 0 radical (unpaired) electrons. The number of rotatable bonds is 10. The van der Waals surface area contributed by atoms with Gasteiger partial charge in [-0.05, 0) is 84.9 Å². The molecule has 252 valence electrons. The molecule has 48 heavy (non-hydrogen) atoms. The number of hydrogen-bond acceptors (Lipinski definition) is 6. The van der Waals surface area contributed by atoms with Gasteiger partial charge in [0.1, 0.15) is 0 Å². The van der Waals surface area contributed by atoms with Gasteiger partial charge in [-0.3, -0.25) is 29.0 Å². The van der Waals surface area contributed by atoms with E-state index in [1.807, 2.05) is 72.8 Å². The van der Waals surface area contributed by atoms with Gasteiger partial charge in [-0.2, -0.15) is 0 Å². The van der Waals surface area contributed by atoms with Gasteiger partial charge in [-0.25, -0.2) is 0 Å². The number of nitrogens with zero attached hydrogens (tertiary/aromatic N) is 2.